The predicted octanol–water partition coefficient (Wildman–Crippen LogP) is 4.25. The van der Waals surface area contributed by atoms with Crippen LogP contribution < -0.4 is 15.9 Å². The minimum absolute atomic E-state index is 0.128. The Morgan fingerprint density at radius 2 is 1.81 bits per heavy atom. The molecule has 2 aromatic heterocycles. The number of alkyl halides is 7. The predicted molar refractivity (Wildman–Crippen MR) is 108 cm³/mol. The van der Waals surface area contributed by atoms with Crippen molar-refractivity contribution in [3.8, 4) is 17.6 Å². The summed E-state index contributed by atoms with van der Waals surface area (Å²) in [5.74, 6) is -7.88. The van der Waals surface area contributed by atoms with Gasteiger partial charge in [0.05, 0.1) is 30.1 Å². The van der Waals surface area contributed by atoms with Crippen molar-refractivity contribution in [2.24, 2.45) is 0 Å². The fourth-order valence-corrected chi connectivity index (χ4v) is 3.13. The first kappa shape index (κ1) is 26.4. The summed E-state index contributed by atoms with van der Waals surface area (Å²) in [5.41, 5.74) is -5.67. The first-order valence-corrected chi connectivity index (χ1v) is 9.77. The summed E-state index contributed by atoms with van der Waals surface area (Å²) in [4.78, 5) is 34.7. The SMILES string of the molecule is Cc1nc(C)c(Cn2cnc(C(F)(F)C(F)(F)F)c(Oc3cc(C#N)cc(C(F)F)c3)c2=O)c(=O)[nH]1. The van der Waals surface area contributed by atoms with Crippen molar-refractivity contribution in [3.63, 3.8) is 0 Å². The van der Waals surface area contributed by atoms with Gasteiger partial charge in [0.25, 0.3) is 17.5 Å². The molecule has 8 nitrogen and oxygen atoms in total. The second-order valence-electron chi connectivity index (χ2n) is 7.45. The van der Waals surface area contributed by atoms with Crippen molar-refractivity contribution in [3.05, 3.63) is 79.1 Å². The molecule has 15 heteroatoms. The van der Waals surface area contributed by atoms with Gasteiger partial charge in [-0.15, -0.1) is 0 Å². The van der Waals surface area contributed by atoms with Crippen LogP contribution >= 0.6 is 0 Å². The van der Waals surface area contributed by atoms with Crippen LogP contribution in [-0.2, 0) is 12.5 Å². The molecule has 0 amide bonds. The van der Waals surface area contributed by atoms with Crippen molar-refractivity contribution in [2.75, 3.05) is 0 Å². The Balaban J connectivity index is 2.23. The van der Waals surface area contributed by atoms with E-state index < -0.39 is 64.5 Å². The maximum absolute atomic E-state index is 14.2. The zero-order valence-corrected chi connectivity index (χ0v) is 18.3. The van der Waals surface area contributed by atoms with E-state index in [0.717, 1.165) is 12.1 Å². The molecule has 1 aromatic carbocycles. The average molecular weight is 517 g/mol. The lowest BCUT2D eigenvalue weighted by molar-refractivity contribution is -0.291. The van der Waals surface area contributed by atoms with E-state index in [2.05, 4.69) is 15.0 Å². The highest BCUT2D eigenvalue weighted by molar-refractivity contribution is 5.44. The third-order valence-corrected chi connectivity index (χ3v) is 4.85. The van der Waals surface area contributed by atoms with Gasteiger partial charge in [0.1, 0.15) is 11.6 Å². The Morgan fingerprint density at radius 1 is 1.14 bits per heavy atom. The lowest BCUT2D eigenvalue weighted by atomic mass is 10.1. The smallest absolute Gasteiger partial charge is 0.449 e. The number of nitrogens with one attached hydrogen (secondary N) is 1. The van der Waals surface area contributed by atoms with Gasteiger partial charge in [0.2, 0.25) is 5.75 Å². The monoisotopic (exact) mass is 517 g/mol. The van der Waals surface area contributed by atoms with Crippen LogP contribution in [0.4, 0.5) is 30.7 Å². The summed E-state index contributed by atoms with van der Waals surface area (Å²) < 4.78 is 99.6. The van der Waals surface area contributed by atoms with Crippen molar-refractivity contribution in [2.45, 2.75) is 38.9 Å². The molecule has 1 N–H and O–H groups in total. The highest BCUT2D eigenvalue weighted by atomic mass is 19.4. The summed E-state index contributed by atoms with van der Waals surface area (Å²) in [5, 5.41) is 9.02. The van der Waals surface area contributed by atoms with Crippen molar-refractivity contribution < 1.29 is 35.5 Å². The normalized spacial score (nSPS) is 12.0. The highest BCUT2D eigenvalue weighted by Gasteiger charge is 2.62. The van der Waals surface area contributed by atoms with Crippen LogP contribution in [0.5, 0.6) is 11.5 Å². The number of aryl methyl sites for hydroxylation is 2. The molecule has 0 aliphatic heterocycles. The maximum Gasteiger partial charge on any atom is 0.459 e. The van der Waals surface area contributed by atoms with Crippen molar-refractivity contribution in [1.82, 2.24) is 19.5 Å². The molecule has 0 saturated heterocycles. The first-order valence-electron chi connectivity index (χ1n) is 9.77. The fraction of sp³-hybridized carbons (Fsp3) is 0.286. The molecule has 0 fully saturated rings. The topological polar surface area (TPSA) is 114 Å². The molecular formula is C21H14F7N5O3. The van der Waals surface area contributed by atoms with Crippen LogP contribution in [0.1, 0.15) is 40.3 Å². The van der Waals surface area contributed by atoms with Gasteiger partial charge in [-0.2, -0.15) is 27.2 Å². The number of aromatic nitrogens is 4. The zero-order valence-electron chi connectivity index (χ0n) is 18.3. The number of benzene rings is 1. The standard InChI is InChI=1S/C21H14F7N5O3/c1-9-14(18(34)32-10(2)31-9)7-33-8-30-16(20(24,25)21(26,27)28)15(19(33)35)36-13-4-11(6-29)3-12(5-13)17(22)23/h3-5,8,17H,7H2,1-2H3,(H,31,32,34). The molecule has 2 heterocycles. The fourth-order valence-electron chi connectivity index (χ4n) is 3.13. The minimum atomic E-state index is -6.20. The molecule has 3 aromatic rings. The molecule has 0 atom stereocenters. The van der Waals surface area contributed by atoms with Gasteiger partial charge >= 0.3 is 12.1 Å². The molecule has 0 radical (unpaired) electrons. The van der Waals surface area contributed by atoms with Gasteiger partial charge in [-0.05, 0) is 32.0 Å². The van der Waals surface area contributed by atoms with E-state index in [4.69, 9.17) is 10.00 Å². The number of H-pyrrole nitrogens is 1. The van der Waals surface area contributed by atoms with E-state index in [9.17, 15) is 40.3 Å². The number of hydrogen-bond donors (Lipinski definition) is 1. The van der Waals surface area contributed by atoms with E-state index in [1.165, 1.54) is 19.9 Å². The quantitative estimate of drug-likeness (QED) is 0.490. The largest absolute Gasteiger partial charge is 0.459 e. The van der Waals surface area contributed by atoms with Gasteiger partial charge in [-0.25, -0.2) is 18.7 Å². The molecule has 36 heavy (non-hydrogen) atoms. The average Bonchev–Trinajstić information content (AvgIpc) is 2.77. The number of nitriles is 1. The number of aromatic amines is 1. The lowest BCUT2D eigenvalue weighted by Gasteiger charge is -2.22. The van der Waals surface area contributed by atoms with E-state index >= 15 is 0 Å². The Bertz CT molecular complexity index is 1470. The number of nitrogens with zero attached hydrogens (tertiary/aromatic N) is 4. The summed E-state index contributed by atoms with van der Waals surface area (Å²) in [7, 11) is 0. The van der Waals surface area contributed by atoms with E-state index in [-0.39, 0.29) is 17.1 Å². The summed E-state index contributed by atoms with van der Waals surface area (Å²) in [6, 6.07) is 3.57. The third kappa shape index (κ3) is 5.07. The van der Waals surface area contributed by atoms with Gasteiger partial charge in [0, 0.05) is 11.3 Å². The molecule has 0 saturated carbocycles. The molecular weight excluding hydrogens is 503 g/mol. The molecule has 0 bridgehead atoms. The Hall–Kier alpha value is -4.22. The minimum Gasteiger partial charge on any atom is -0.449 e. The number of rotatable bonds is 6. The Kier molecular flexibility index (Phi) is 6.92. The number of ether oxygens (including phenoxy) is 1. The number of hydrogen-bond acceptors (Lipinski definition) is 6. The van der Waals surface area contributed by atoms with E-state index in [0.29, 0.717) is 17.0 Å². The van der Waals surface area contributed by atoms with Crippen LogP contribution in [-0.4, -0.2) is 25.7 Å². The molecule has 0 unspecified atom stereocenters. The zero-order chi connectivity index (χ0) is 27.0. The van der Waals surface area contributed by atoms with Crippen molar-refractivity contribution >= 4 is 0 Å². The van der Waals surface area contributed by atoms with Gasteiger partial charge in [-0.1, -0.05) is 0 Å². The van der Waals surface area contributed by atoms with Crippen molar-refractivity contribution in [1.29, 1.82) is 5.26 Å². The summed E-state index contributed by atoms with van der Waals surface area (Å²) in [6.07, 6.45) is -9.00. The van der Waals surface area contributed by atoms with Crippen LogP contribution in [0.3, 0.4) is 0 Å². The van der Waals surface area contributed by atoms with Crippen LogP contribution in [0, 0.1) is 25.2 Å². The summed E-state index contributed by atoms with van der Waals surface area (Å²) >= 11 is 0. The van der Waals surface area contributed by atoms with Gasteiger partial charge in [0.15, 0.2) is 5.69 Å². The molecule has 0 spiro atoms. The Labute approximate surface area is 196 Å². The van der Waals surface area contributed by atoms with E-state index in [1.807, 2.05) is 0 Å². The lowest BCUT2D eigenvalue weighted by Crippen LogP contribution is -2.38. The molecule has 0 aliphatic rings. The summed E-state index contributed by atoms with van der Waals surface area (Å²) in [6.45, 7) is 2.22. The van der Waals surface area contributed by atoms with Gasteiger partial charge < -0.3 is 9.72 Å². The second-order valence-corrected chi connectivity index (χ2v) is 7.45. The van der Waals surface area contributed by atoms with Crippen LogP contribution in [0.15, 0.2) is 34.1 Å². The Morgan fingerprint density at radius 3 is 2.36 bits per heavy atom. The third-order valence-electron chi connectivity index (χ3n) is 4.85. The molecule has 190 valence electrons. The number of halogens is 7. The molecule has 0 aliphatic carbocycles. The maximum atomic E-state index is 14.2. The van der Waals surface area contributed by atoms with E-state index in [1.54, 1.807) is 0 Å². The van der Waals surface area contributed by atoms with Gasteiger partial charge in [-0.3, -0.25) is 14.2 Å². The first-order chi connectivity index (χ1) is 16.7. The molecule has 3 rings (SSSR count). The van der Waals surface area contributed by atoms with Crippen LogP contribution in [0.2, 0.25) is 0 Å². The van der Waals surface area contributed by atoms with Crippen LogP contribution in [0.25, 0.3) is 0 Å². The second kappa shape index (κ2) is 9.44. The highest BCUT2D eigenvalue weighted by Crippen LogP contribution is 2.46.